The van der Waals surface area contributed by atoms with Crippen molar-refractivity contribution in [1.29, 1.82) is 0 Å². The van der Waals surface area contributed by atoms with Crippen LogP contribution in [-0.4, -0.2) is 39.0 Å². The van der Waals surface area contributed by atoms with Crippen molar-refractivity contribution in [3.8, 4) is 0 Å². The van der Waals surface area contributed by atoms with Gasteiger partial charge in [-0.1, -0.05) is 24.3 Å². The molecule has 2 aromatic heterocycles. The lowest BCUT2D eigenvalue weighted by Crippen LogP contribution is -2.48. The second kappa shape index (κ2) is 5.05. The third kappa shape index (κ3) is 2.21. The van der Waals surface area contributed by atoms with Crippen LogP contribution >= 0.6 is 0 Å². The van der Waals surface area contributed by atoms with Gasteiger partial charge in [0.05, 0.1) is 23.5 Å². The molecule has 23 heavy (non-hydrogen) atoms. The maximum absolute atomic E-state index is 11.1. The first-order valence-corrected chi connectivity index (χ1v) is 7.44. The molecule has 0 unspecified atom stereocenters. The van der Waals surface area contributed by atoms with E-state index in [0.717, 1.165) is 35.4 Å². The summed E-state index contributed by atoms with van der Waals surface area (Å²) in [5.41, 5.74) is 6.62. The molecule has 0 radical (unpaired) electrons. The van der Waals surface area contributed by atoms with Gasteiger partial charge in [-0.15, -0.1) is 5.10 Å². The van der Waals surface area contributed by atoms with Crippen LogP contribution in [-0.2, 0) is 0 Å². The molecule has 1 fully saturated rings. The van der Waals surface area contributed by atoms with Gasteiger partial charge in [-0.3, -0.25) is 9.48 Å². The van der Waals surface area contributed by atoms with E-state index < -0.39 is 5.91 Å². The predicted octanol–water partition coefficient (Wildman–Crippen LogP) is 1.29. The summed E-state index contributed by atoms with van der Waals surface area (Å²) in [6.45, 7) is 3.52. The number of primary amides is 1. The van der Waals surface area contributed by atoms with Crippen molar-refractivity contribution in [3.63, 3.8) is 0 Å². The molecule has 0 saturated carbocycles. The number of nitrogens with zero attached hydrogens (tertiary/aromatic N) is 5. The number of anilines is 1. The zero-order valence-electron chi connectivity index (χ0n) is 12.7. The molecule has 7 nitrogen and oxygen atoms in total. The summed E-state index contributed by atoms with van der Waals surface area (Å²) < 4.78 is 1.79. The van der Waals surface area contributed by atoms with Crippen molar-refractivity contribution in [2.75, 3.05) is 18.0 Å². The number of hydrogen-bond donors (Lipinski definition) is 1. The molecule has 0 aliphatic carbocycles. The SMILES string of the molecule is Cc1nnc(N2CC(n3cc(C(N)=O)cn3)C2)c2ccccc12. The number of aromatic nitrogens is 4. The summed E-state index contributed by atoms with van der Waals surface area (Å²) in [6, 6.07) is 8.36. The highest BCUT2D eigenvalue weighted by Gasteiger charge is 2.31. The highest BCUT2D eigenvalue weighted by molar-refractivity contribution is 5.93. The Kier molecular flexibility index (Phi) is 3.00. The molecule has 3 aromatic rings. The maximum Gasteiger partial charge on any atom is 0.251 e. The Balaban J connectivity index is 1.58. The van der Waals surface area contributed by atoms with Gasteiger partial charge in [0.25, 0.3) is 5.91 Å². The summed E-state index contributed by atoms with van der Waals surface area (Å²) in [4.78, 5) is 13.3. The quantitative estimate of drug-likeness (QED) is 0.787. The van der Waals surface area contributed by atoms with Crippen molar-refractivity contribution in [2.24, 2.45) is 5.73 Å². The fourth-order valence-corrected chi connectivity index (χ4v) is 2.92. The first-order valence-electron chi connectivity index (χ1n) is 7.44. The standard InChI is InChI=1S/C16H16N6O/c1-10-13-4-2-3-5-14(13)16(20-19-10)21-8-12(9-21)22-7-11(6-18-22)15(17)23/h2-7,12H,8-9H2,1H3,(H2,17,23). The first-order chi connectivity index (χ1) is 11.1. The van der Waals surface area contributed by atoms with Crippen molar-refractivity contribution in [2.45, 2.75) is 13.0 Å². The summed E-state index contributed by atoms with van der Waals surface area (Å²) in [6.07, 6.45) is 3.20. The second-order valence-electron chi connectivity index (χ2n) is 5.79. The van der Waals surface area contributed by atoms with E-state index in [1.807, 2.05) is 19.1 Å². The summed E-state index contributed by atoms with van der Waals surface area (Å²) >= 11 is 0. The van der Waals surface area contributed by atoms with Crippen LogP contribution in [0.1, 0.15) is 22.1 Å². The Morgan fingerprint density at radius 2 is 1.96 bits per heavy atom. The van der Waals surface area contributed by atoms with Crippen LogP contribution in [0.5, 0.6) is 0 Å². The molecule has 116 valence electrons. The van der Waals surface area contributed by atoms with E-state index in [9.17, 15) is 4.79 Å². The van der Waals surface area contributed by atoms with E-state index in [1.54, 1.807) is 10.9 Å². The Labute approximate surface area is 132 Å². The van der Waals surface area contributed by atoms with E-state index in [4.69, 9.17) is 5.73 Å². The minimum Gasteiger partial charge on any atom is -0.366 e. The second-order valence-corrected chi connectivity index (χ2v) is 5.79. The minimum atomic E-state index is -0.456. The van der Waals surface area contributed by atoms with Gasteiger partial charge in [0, 0.05) is 30.1 Å². The summed E-state index contributed by atoms with van der Waals surface area (Å²) in [5.74, 6) is 0.438. The lowest BCUT2D eigenvalue weighted by molar-refractivity contribution is 0.1000. The Morgan fingerprint density at radius 1 is 1.22 bits per heavy atom. The zero-order chi connectivity index (χ0) is 16.0. The fraction of sp³-hybridized carbons (Fsp3) is 0.250. The Hall–Kier alpha value is -2.96. The van der Waals surface area contributed by atoms with Gasteiger partial charge in [-0.05, 0) is 6.92 Å². The van der Waals surface area contributed by atoms with E-state index in [0.29, 0.717) is 5.56 Å². The third-order valence-corrected chi connectivity index (χ3v) is 4.27. The van der Waals surface area contributed by atoms with Gasteiger partial charge in [0.2, 0.25) is 0 Å². The van der Waals surface area contributed by atoms with Crippen LogP contribution in [0.15, 0.2) is 36.7 Å². The van der Waals surface area contributed by atoms with Gasteiger partial charge in [-0.2, -0.15) is 10.2 Å². The Bertz CT molecular complexity index is 896. The molecule has 1 aromatic carbocycles. The van der Waals surface area contributed by atoms with Gasteiger partial charge in [0.15, 0.2) is 5.82 Å². The maximum atomic E-state index is 11.1. The molecule has 0 spiro atoms. The molecular formula is C16H16N6O. The summed E-state index contributed by atoms with van der Waals surface area (Å²) in [7, 11) is 0. The first kappa shape index (κ1) is 13.7. The van der Waals surface area contributed by atoms with Crippen LogP contribution in [0.2, 0.25) is 0 Å². The van der Waals surface area contributed by atoms with Crippen LogP contribution in [0, 0.1) is 6.92 Å². The van der Waals surface area contributed by atoms with E-state index in [2.05, 4.69) is 32.3 Å². The monoisotopic (exact) mass is 308 g/mol. The average Bonchev–Trinajstić information content (AvgIpc) is 2.98. The number of nitrogens with two attached hydrogens (primary N) is 1. The smallest absolute Gasteiger partial charge is 0.251 e. The molecule has 1 saturated heterocycles. The van der Waals surface area contributed by atoms with Gasteiger partial charge in [0.1, 0.15) is 0 Å². The Morgan fingerprint density at radius 3 is 2.65 bits per heavy atom. The van der Waals surface area contributed by atoms with E-state index in [1.165, 1.54) is 6.20 Å². The normalized spacial score (nSPS) is 14.9. The molecule has 0 bridgehead atoms. The number of fused-ring (bicyclic) bond motifs is 1. The predicted molar refractivity (Wildman–Crippen MR) is 86.3 cm³/mol. The van der Waals surface area contributed by atoms with Crippen molar-refractivity contribution in [1.82, 2.24) is 20.0 Å². The molecule has 2 N–H and O–H groups in total. The number of rotatable bonds is 3. The van der Waals surface area contributed by atoms with Crippen molar-refractivity contribution < 1.29 is 4.79 Å². The number of hydrogen-bond acceptors (Lipinski definition) is 5. The van der Waals surface area contributed by atoms with Crippen molar-refractivity contribution >= 4 is 22.5 Å². The van der Waals surface area contributed by atoms with Gasteiger partial charge < -0.3 is 10.6 Å². The molecule has 1 amide bonds. The van der Waals surface area contributed by atoms with Crippen molar-refractivity contribution in [3.05, 3.63) is 47.9 Å². The number of amides is 1. The number of carbonyl (C=O) groups excluding carboxylic acids is 1. The van der Waals surface area contributed by atoms with Crippen LogP contribution < -0.4 is 10.6 Å². The zero-order valence-corrected chi connectivity index (χ0v) is 12.7. The summed E-state index contributed by atoms with van der Waals surface area (Å²) in [5, 5.41) is 15.1. The van der Waals surface area contributed by atoms with Crippen LogP contribution in [0.4, 0.5) is 5.82 Å². The topological polar surface area (TPSA) is 89.9 Å². The number of carbonyl (C=O) groups is 1. The fourth-order valence-electron chi connectivity index (χ4n) is 2.92. The molecule has 1 aliphatic heterocycles. The van der Waals surface area contributed by atoms with E-state index >= 15 is 0 Å². The number of benzene rings is 1. The minimum absolute atomic E-state index is 0.213. The molecule has 1 aliphatic rings. The molecule has 3 heterocycles. The lowest BCUT2D eigenvalue weighted by atomic mass is 10.1. The van der Waals surface area contributed by atoms with Gasteiger partial charge >= 0.3 is 0 Å². The molecule has 4 rings (SSSR count). The van der Waals surface area contributed by atoms with Crippen LogP contribution in [0.3, 0.4) is 0 Å². The van der Waals surface area contributed by atoms with Crippen LogP contribution in [0.25, 0.3) is 10.8 Å². The third-order valence-electron chi connectivity index (χ3n) is 4.27. The molecular weight excluding hydrogens is 292 g/mol. The number of aryl methyl sites for hydroxylation is 1. The molecule has 7 heteroatoms. The van der Waals surface area contributed by atoms with E-state index in [-0.39, 0.29) is 6.04 Å². The molecule has 0 atom stereocenters. The van der Waals surface area contributed by atoms with Gasteiger partial charge in [-0.25, -0.2) is 0 Å². The largest absolute Gasteiger partial charge is 0.366 e. The highest BCUT2D eigenvalue weighted by atomic mass is 16.1. The highest BCUT2D eigenvalue weighted by Crippen LogP contribution is 2.31. The average molecular weight is 308 g/mol. The lowest BCUT2D eigenvalue weighted by Gasteiger charge is -2.40.